The molecule has 1 aliphatic carbocycles. The third-order valence-electron chi connectivity index (χ3n) is 4.56. The van der Waals surface area contributed by atoms with E-state index in [2.05, 4.69) is 10.3 Å². The summed E-state index contributed by atoms with van der Waals surface area (Å²) in [6, 6.07) is 9.73. The van der Waals surface area contributed by atoms with E-state index in [0.29, 0.717) is 21.6 Å². The predicted molar refractivity (Wildman–Crippen MR) is 103 cm³/mol. The van der Waals surface area contributed by atoms with Crippen molar-refractivity contribution in [1.82, 2.24) is 15.0 Å². The Morgan fingerprint density at radius 1 is 0.920 bits per heavy atom. The van der Waals surface area contributed by atoms with Crippen molar-refractivity contribution >= 4 is 40.1 Å². The van der Waals surface area contributed by atoms with Gasteiger partial charge in [-0.15, -0.1) is 0 Å². The Kier molecular flexibility index (Phi) is 4.73. The lowest BCUT2D eigenvalue weighted by molar-refractivity contribution is 0.462. The summed E-state index contributed by atoms with van der Waals surface area (Å²) >= 11 is 12.3. The van der Waals surface area contributed by atoms with Crippen LogP contribution in [0.25, 0.3) is 22.4 Å². The Bertz CT molecular complexity index is 893. The minimum absolute atomic E-state index is 0.422. The SMILES string of the molecule is Clc1cc2nc(NC3CCCCC3)c(-c3ccccn3)nc2cc1Cl. The molecule has 0 atom stereocenters. The van der Waals surface area contributed by atoms with Crippen LogP contribution < -0.4 is 5.32 Å². The fourth-order valence-electron chi connectivity index (χ4n) is 3.27. The summed E-state index contributed by atoms with van der Waals surface area (Å²) in [5.41, 5.74) is 2.98. The van der Waals surface area contributed by atoms with E-state index in [1.807, 2.05) is 18.2 Å². The molecule has 1 aliphatic rings. The largest absolute Gasteiger partial charge is 0.365 e. The van der Waals surface area contributed by atoms with Crippen molar-refractivity contribution in [2.75, 3.05) is 5.32 Å². The van der Waals surface area contributed by atoms with Crippen molar-refractivity contribution in [3.05, 3.63) is 46.6 Å². The Morgan fingerprint density at radius 3 is 2.32 bits per heavy atom. The highest BCUT2D eigenvalue weighted by atomic mass is 35.5. The lowest BCUT2D eigenvalue weighted by Gasteiger charge is -2.24. The Balaban J connectivity index is 1.83. The molecule has 0 amide bonds. The standard InChI is InChI=1S/C19H18Cl2N4/c20-13-10-16-17(11-14(13)21)25-19(23-12-6-2-1-3-7-12)18(24-16)15-8-4-5-9-22-15/h4-5,8-12H,1-3,6-7H2,(H,23,25). The van der Waals surface area contributed by atoms with Gasteiger partial charge in [0.15, 0.2) is 5.82 Å². The van der Waals surface area contributed by atoms with Gasteiger partial charge in [-0.05, 0) is 37.1 Å². The lowest BCUT2D eigenvalue weighted by atomic mass is 9.95. The molecule has 0 radical (unpaired) electrons. The molecule has 1 N–H and O–H groups in total. The molecule has 2 heterocycles. The van der Waals surface area contributed by atoms with Gasteiger partial charge in [-0.3, -0.25) is 4.98 Å². The molecule has 128 valence electrons. The number of anilines is 1. The number of rotatable bonds is 3. The summed E-state index contributed by atoms with van der Waals surface area (Å²) in [6.45, 7) is 0. The van der Waals surface area contributed by atoms with Gasteiger partial charge in [0.1, 0.15) is 5.69 Å². The van der Waals surface area contributed by atoms with Crippen molar-refractivity contribution < 1.29 is 0 Å². The van der Waals surface area contributed by atoms with E-state index >= 15 is 0 Å². The first kappa shape index (κ1) is 16.6. The van der Waals surface area contributed by atoms with Crippen molar-refractivity contribution in [2.45, 2.75) is 38.1 Å². The molecule has 4 rings (SSSR count). The Labute approximate surface area is 156 Å². The van der Waals surface area contributed by atoms with Crippen LogP contribution in [0.3, 0.4) is 0 Å². The first-order chi connectivity index (χ1) is 12.2. The van der Waals surface area contributed by atoms with Gasteiger partial charge in [-0.1, -0.05) is 48.5 Å². The van der Waals surface area contributed by atoms with E-state index in [0.717, 1.165) is 35.6 Å². The highest BCUT2D eigenvalue weighted by molar-refractivity contribution is 6.42. The number of nitrogens with zero attached hydrogens (tertiary/aromatic N) is 3. The second-order valence-electron chi connectivity index (χ2n) is 6.37. The number of halogens is 2. The van der Waals surface area contributed by atoms with E-state index in [1.54, 1.807) is 18.3 Å². The van der Waals surface area contributed by atoms with Gasteiger partial charge in [0.25, 0.3) is 0 Å². The number of hydrogen-bond acceptors (Lipinski definition) is 4. The zero-order valence-corrected chi connectivity index (χ0v) is 15.2. The third-order valence-corrected chi connectivity index (χ3v) is 5.28. The summed E-state index contributed by atoms with van der Waals surface area (Å²) in [7, 11) is 0. The van der Waals surface area contributed by atoms with E-state index < -0.39 is 0 Å². The van der Waals surface area contributed by atoms with Gasteiger partial charge in [0, 0.05) is 12.2 Å². The fourth-order valence-corrected chi connectivity index (χ4v) is 3.59. The van der Waals surface area contributed by atoms with Gasteiger partial charge in [-0.2, -0.15) is 0 Å². The van der Waals surface area contributed by atoms with E-state index in [4.69, 9.17) is 33.2 Å². The van der Waals surface area contributed by atoms with Crippen molar-refractivity contribution in [3.8, 4) is 11.4 Å². The topological polar surface area (TPSA) is 50.7 Å². The van der Waals surface area contributed by atoms with Gasteiger partial charge >= 0.3 is 0 Å². The molecule has 1 fully saturated rings. The first-order valence-electron chi connectivity index (χ1n) is 8.55. The molecule has 0 unspecified atom stereocenters. The zero-order valence-electron chi connectivity index (χ0n) is 13.7. The van der Waals surface area contributed by atoms with Gasteiger partial charge in [-0.25, -0.2) is 9.97 Å². The fraction of sp³-hybridized carbons (Fsp3) is 0.316. The molecule has 2 aromatic heterocycles. The van der Waals surface area contributed by atoms with Gasteiger partial charge < -0.3 is 5.32 Å². The van der Waals surface area contributed by atoms with E-state index in [1.165, 1.54) is 19.3 Å². The summed E-state index contributed by atoms with van der Waals surface area (Å²) < 4.78 is 0. The van der Waals surface area contributed by atoms with Gasteiger partial charge in [0.2, 0.25) is 0 Å². The first-order valence-corrected chi connectivity index (χ1v) is 9.31. The summed E-state index contributed by atoms with van der Waals surface area (Å²) in [4.78, 5) is 14.0. The molecular weight excluding hydrogens is 355 g/mol. The van der Waals surface area contributed by atoms with Crippen LogP contribution >= 0.6 is 23.2 Å². The molecule has 25 heavy (non-hydrogen) atoms. The van der Waals surface area contributed by atoms with E-state index in [9.17, 15) is 0 Å². The maximum absolute atomic E-state index is 6.16. The highest BCUT2D eigenvalue weighted by Gasteiger charge is 2.18. The molecule has 0 saturated heterocycles. The molecule has 0 bridgehead atoms. The number of nitrogens with one attached hydrogen (secondary N) is 1. The Hall–Kier alpha value is -1.91. The minimum atomic E-state index is 0.422. The van der Waals surface area contributed by atoms with Crippen LogP contribution in [0.2, 0.25) is 10.0 Å². The van der Waals surface area contributed by atoms with Crippen LogP contribution in [0.4, 0.5) is 5.82 Å². The van der Waals surface area contributed by atoms with Crippen LogP contribution in [-0.2, 0) is 0 Å². The number of aromatic nitrogens is 3. The molecule has 4 nitrogen and oxygen atoms in total. The molecule has 6 heteroatoms. The average Bonchev–Trinajstić information content (AvgIpc) is 2.64. The smallest absolute Gasteiger partial charge is 0.155 e. The number of hydrogen-bond donors (Lipinski definition) is 1. The van der Waals surface area contributed by atoms with Crippen molar-refractivity contribution in [2.24, 2.45) is 0 Å². The van der Waals surface area contributed by atoms with Crippen LogP contribution in [0, 0.1) is 0 Å². The second kappa shape index (κ2) is 7.14. The summed E-state index contributed by atoms with van der Waals surface area (Å²) in [5.74, 6) is 0.761. The number of fused-ring (bicyclic) bond motifs is 1. The van der Waals surface area contributed by atoms with Crippen molar-refractivity contribution in [3.63, 3.8) is 0 Å². The van der Waals surface area contributed by atoms with Crippen LogP contribution in [0.1, 0.15) is 32.1 Å². The maximum atomic E-state index is 6.16. The quantitative estimate of drug-likeness (QED) is 0.636. The summed E-state index contributed by atoms with van der Waals surface area (Å²) in [6.07, 6.45) is 7.88. The van der Waals surface area contributed by atoms with Gasteiger partial charge in [0.05, 0.1) is 26.8 Å². The third kappa shape index (κ3) is 3.55. The number of benzene rings is 1. The van der Waals surface area contributed by atoms with Crippen LogP contribution in [0.5, 0.6) is 0 Å². The molecule has 1 aromatic carbocycles. The number of pyridine rings is 1. The lowest BCUT2D eigenvalue weighted by Crippen LogP contribution is -2.23. The predicted octanol–water partition coefficient (Wildman–Crippen LogP) is 5.74. The van der Waals surface area contributed by atoms with Crippen LogP contribution in [0.15, 0.2) is 36.5 Å². The Morgan fingerprint density at radius 2 is 1.64 bits per heavy atom. The van der Waals surface area contributed by atoms with Crippen LogP contribution in [-0.4, -0.2) is 21.0 Å². The zero-order chi connectivity index (χ0) is 17.2. The molecular formula is C19H18Cl2N4. The average molecular weight is 373 g/mol. The monoisotopic (exact) mass is 372 g/mol. The minimum Gasteiger partial charge on any atom is -0.365 e. The molecule has 0 aliphatic heterocycles. The van der Waals surface area contributed by atoms with Crippen molar-refractivity contribution in [1.29, 1.82) is 0 Å². The van der Waals surface area contributed by atoms with E-state index in [-0.39, 0.29) is 0 Å². The molecule has 3 aromatic rings. The normalized spacial score (nSPS) is 15.4. The summed E-state index contributed by atoms with van der Waals surface area (Å²) in [5, 5.41) is 4.54. The highest BCUT2D eigenvalue weighted by Crippen LogP contribution is 2.32. The molecule has 0 spiro atoms. The maximum Gasteiger partial charge on any atom is 0.155 e. The second-order valence-corrected chi connectivity index (χ2v) is 7.18. The molecule has 1 saturated carbocycles.